The van der Waals surface area contributed by atoms with Crippen LogP contribution in [0.3, 0.4) is 0 Å². The Kier molecular flexibility index (Phi) is 8.17. The van der Waals surface area contributed by atoms with Crippen molar-refractivity contribution in [3.05, 3.63) is 77.9 Å². The van der Waals surface area contributed by atoms with Gasteiger partial charge in [-0.3, -0.25) is 4.79 Å². The van der Waals surface area contributed by atoms with Crippen molar-refractivity contribution in [2.24, 2.45) is 5.92 Å². The number of benzene rings is 2. The first kappa shape index (κ1) is 22.8. The standard InChI is InChI=1S/C23H30N2O3S/c1-5-16-25(29(27,28)22-12-6-19(4)7-13-22)17-20-8-10-21(11-9-20)23(26)24-15-14-18(2)3/h5-13,18H,1,14-17H2,2-4H3,(H,24,26). The molecule has 0 radical (unpaired) electrons. The molecule has 0 spiro atoms. The second-order valence-corrected chi connectivity index (χ2v) is 9.47. The van der Waals surface area contributed by atoms with E-state index in [1.54, 1.807) is 54.6 Å². The van der Waals surface area contributed by atoms with E-state index in [0.717, 1.165) is 17.5 Å². The van der Waals surface area contributed by atoms with Crippen LogP contribution in [0, 0.1) is 12.8 Å². The number of carbonyl (C=O) groups excluding carboxylic acids is 1. The van der Waals surface area contributed by atoms with E-state index in [1.807, 2.05) is 6.92 Å². The van der Waals surface area contributed by atoms with E-state index in [1.165, 1.54) is 4.31 Å². The maximum absolute atomic E-state index is 13.0. The molecule has 0 heterocycles. The predicted octanol–water partition coefficient (Wildman–Crippen LogP) is 4.15. The molecule has 0 aliphatic heterocycles. The molecule has 1 amide bonds. The van der Waals surface area contributed by atoms with Gasteiger partial charge in [-0.25, -0.2) is 8.42 Å². The Balaban J connectivity index is 2.11. The van der Waals surface area contributed by atoms with Crippen molar-refractivity contribution in [2.45, 2.75) is 38.6 Å². The zero-order valence-corrected chi connectivity index (χ0v) is 18.2. The Morgan fingerprint density at radius 3 is 2.28 bits per heavy atom. The summed E-state index contributed by atoms with van der Waals surface area (Å²) in [5.74, 6) is 0.413. The molecule has 0 aromatic heterocycles. The molecule has 0 saturated heterocycles. The van der Waals surface area contributed by atoms with Gasteiger partial charge in [-0.15, -0.1) is 6.58 Å². The fraction of sp³-hybridized carbons (Fsp3) is 0.348. The third-order valence-corrected chi connectivity index (χ3v) is 6.40. The zero-order valence-electron chi connectivity index (χ0n) is 17.4. The van der Waals surface area contributed by atoms with Gasteiger partial charge in [0, 0.05) is 25.2 Å². The molecule has 6 heteroatoms. The molecule has 2 rings (SSSR count). The topological polar surface area (TPSA) is 66.5 Å². The number of carbonyl (C=O) groups is 1. The third-order valence-electron chi connectivity index (χ3n) is 4.57. The number of aryl methyl sites for hydroxylation is 1. The molecule has 156 valence electrons. The zero-order chi connectivity index (χ0) is 21.4. The molecule has 0 aliphatic rings. The van der Waals surface area contributed by atoms with Crippen molar-refractivity contribution < 1.29 is 13.2 Å². The largest absolute Gasteiger partial charge is 0.352 e. The number of nitrogens with zero attached hydrogens (tertiary/aromatic N) is 1. The van der Waals surface area contributed by atoms with Gasteiger partial charge in [0.15, 0.2) is 0 Å². The van der Waals surface area contributed by atoms with Gasteiger partial charge in [0.2, 0.25) is 10.0 Å². The van der Waals surface area contributed by atoms with Crippen LogP contribution in [0.15, 0.2) is 66.1 Å². The van der Waals surface area contributed by atoms with Gasteiger partial charge in [-0.05, 0) is 49.1 Å². The van der Waals surface area contributed by atoms with Crippen LogP contribution in [0.5, 0.6) is 0 Å². The lowest BCUT2D eigenvalue weighted by atomic mass is 10.1. The summed E-state index contributed by atoms with van der Waals surface area (Å²) in [6.45, 7) is 10.9. The van der Waals surface area contributed by atoms with Gasteiger partial charge in [0.1, 0.15) is 0 Å². The predicted molar refractivity (Wildman–Crippen MR) is 117 cm³/mol. The summed E-state index contributed by atoms with van der Waals surface area (Å²) in [6.07, 6.45) is 2.50. The molecule has 0 fully saturated rings. The van der Waals surface area contributed by atoms with Gasteiger partial charge in [0.05, 0.1) is 4.90 Å². The van der Waals surface area contributed by atoms with Crippen molar-refractivity contribution in [3.63, 3.8) is 0 Å². The minimum atomic E-state index is -3.64. The second kappa shape index (κ2) is 10.4. The molecule has 2 aromatic rings. The quantitative estimate of drug-likeness (QED) is 0.594. The minimum Gasteiger partial charge on any atom is -0.352 e. The fourth-order valence-corrected chi connectivity index (χ4v) is 4.19. The fourth-order valence-electron chi connectivity index (χ4n) is 2.79. The number of sulfonamides is 1. The number of hydrogen-bond donors (Lipinski definition) is 1. The minimum absolute atomic E-state index is 0.118. The van der Waals surface area contributed by atoms with Crippen LogP contribution < -0.4 is 5.32 Å². The van der Waals surface area contributed by atoms with Crippen LogP contribution in [0.25, 0.3) is 0 Å². The molecular formula is C23H30N2O3S. The first-order valence-corrected chi connectivity index (χ1v) is 11.2. The number of hydrogen-bond acceptors (Lipinski definition) is 3. The molecule has 0 atom stereocenters. The lowest BCUT2D eigenvalue weighted by Gasteiger charge is -2.21. The molecule has 5 nitrogen and oxygen atoms in total. The number of amides is 1. The molecule has 0 unspecified atom stereocenters. The highest BCUT2D eigenvalue weighted by molar-refractivity contribution is 7.89. The maximum Gasteiger partial charge on any atom is 0.251 e. The van der Waals surface area contributed by atoms with Gasteiger partial charge in [-0.2, -0.15) is 4.31 Å². The van der Waals surface area contributed by atoms with Crippen molar-refractivity contribution in [1.82, 2.24) is 9.62 Å². The van der Waals surface area contributed by atoms with Gasteiger partial charge in [-0.1, -0.05) is 49.8 Å². The van der Waals surface area contributed by atoms with E-state index >= 15 is 0 Å². The smallest absolute Gasteiger partial charge is 0.251 e. The highest BCUT2D eigenvalue weighted by Gasteiger charge is 2.23. The van der Waals surface area contributed by atoms with E-state index < -0.39 is 10.0 Å². The van der Waals surface area contributed by atoms with E-state index in [9.17, 15) is 13.2 Å². The van der Waals surface area contributed by atoms with Crippen molar-refractivity contribution >= 4 is 15.9 Å². The van der Waals surface area contributed by atoms with Crippen molar-refractivity contribution in [2.75, 3.05) is 13.1 Å². The Morgan fingerprint density at radius 1 is 1.10 bits per heavy atom. The van der Waals surface area contributed by atoms with E-state index in [2.05, 4.69) is 25.7 Å². The van der Waals surface area contributed by atoms with E-state index in [-0.39, 0.29) is 23.9 Å². The average Bonchev–Trinajstić information content (AvgIpc) is 2.68. The Bertz CT molecular complexity index is 918. The molecular weight excluding hydrogens is 384 g/mol. The lowest BCUT2D eigenvalue weighted by molar-refractivity contribution is 0.0952. The molecule has 0 saturated carbocycles. The summed E-state index contributed by atoms with van der Waals surface area (Å²) >= 11 is 0. The monoisotopic (exact) mass is 414 g/mol. The van der Waals surface area contributed by atoms with E-state index in [4.69, 9.17) is 0 Å². The molecule has 2 aromatic carbocycles. The van der Waals surface area contributed by atoms with Gasteiger partial charge < -0.3 is 5.32 Å². The van der Waals surface area contributed by atoms with Crippen LogP contribution in [0.1, 0.15) is 41.8 Å². The normalized spacial score (nSPS) is 11.6. The Hall–Kier alpha value is -2.44. The van der Waals surface area contributed by atoms with Crippen LogP contribution >= 0.6 is 0 Å². The number of rotatable bonds is 10. The van der Waals surface area contributed by atoms with Crippen LogP contribution in [-0.4, -0.2) is 31.7 Å². The maximum atomic E-state index is 13.0. The first-order chi connectivity index (χ1) is 13.7. The summed E-state index contributed by atoms with van der Waals surface area (Å²) in [5, 5.41) is 2.90. The average molecular weight is 415 g/mol. The van der Waals surface area contributed by atoms with Crippen LogP contribution in [0.4, 0.5) is 0 Å². The first-order valence-electron chi connectivity index (χ1n) is 9.79. The van der Waals surface area contributed by atoms with Crippen LogP contribution in [0.2, 0.25) is 0 Å². The van der Waals surface area contributed by atoms with Crippen molar-refractivity contribution in [3.8, 4) is 0 Å². The Labute approximate surface area is 174 Å². The van der Waals surface area contributed by atoms with Gasteiger partial charge >= 0.3 is 0 Å². The van der Waals surface area contributed by atoms with Crippen molar-refractivity contribution in [1.29, 1.82) is 0 Å². The summed E-state index contributed by atoms with van der Waals surface area (Å²) < 4.78 is 27.4. The SMILES string of the molecule is C=CCN(Cc1ccc(C(=O)NCCC(C)C)cc1)S(=O)(=O)c1ccc(C)cc1. The molecule has 0 bridgehead atoms. The molecule has 1 N–H and O–H groups in total. The summed E-state index contributed by atoms with van der Waals surface area (Å²) in [6, 6.07) is 13.8. The third kappa shape index (κ3) is 6.54. The summed E-state index contributed by atoms with van der Waals surface area (Å²) in [5.41, 5.74) is 2.37. The summed E-state index contributed by atoms with van der Waals surface area (Å²) in [7, 11) is -3.64. The van der Waals surface area contributed by atoms with E-state index in [0.29, 0.717) is 18.0 Å². The highest BCUT2D eigenvalue weighted by atomic mass is 32.2. The Morgan fingerprint density at radius 2 is 1.72 bits per heavy atom. The number of nitrogens with one attached hydrogen (secondary N) is 1. The second-order valence-electron chi connectivity index (χ2n) is 7.53. The summed E-state index contributed by atoms with van der Waals surface area (Å²) in [4.78, 5) is 12.5. The lowest BCUT2D eigenvalue weighted by Crippen LogP contribution is -2.31. The van der Waals surface area contributed by atoms with Gasteiger partial charge in [0.25, 0.3) is 5.91 Å². The van der Waals surface area contributed by atoms with Crippen LogP contribution in [-0.2, 0) is 16.6 Å². The molecule has 29 heavy (non-hydrogen) atoms. The highest BCUT2D eigenvalue weighted by Crippen LogP contribution is 2.19. The molecule has 0 aliphatic carbocycles.